The summed E-state index contributed by atoms with van der Waals surface area (Å²) in [6.07, 6.45) is 2.05. The molecule has 1 aromatic heterocycles. The van der Waals surface area contributed by atoms with Crippen LogP contribution in [-0.2, 0) is 16.1 Å². The number of nitrogens with zero attached hydrogens (tertiary/aromatic N) is 2. The highest BCUT2D eigenvalue weighted by Crippen LogP contribution is 2.31. The van der Waals surface area contributed by atoms with E-state index in [4.69, 9.17) is 4.74 Å². The van der Waals surface area contributed by atoms with Crippen LogP contribution in [0.25, 0.3) is 0 Å². The number of thiazole rings is 1. The third-order valence-corrected chi connectivity index (χ3v) is 5.36. The maximum absolute atomic E-state index is 14.2. The number of para-hydroxylation sites is 2. The second kappa shape index (κ2) is 10.7. The predicted octanol–water partition coefficient (Wildman–Crippen LogP) is 5.54. The number of benzene rings is 2. The number of ether oxygens (including phenoxy) is 1. The number of rotatable bonds is 9. The van der Waals surface area contributed by atoms with Gasteiger partial charge < -0.3 is 10.1 Å². The minimum atomic E-state index is -0.520. The van der Waals surface area contributed by atoms with Gasteiger partial charge in [0.1, 0.15) is 12.4 Å². The maximum atomic E-state index is 14.2. The summed E-state index contributed by atoms with van der Waals surface area (Å²) < 4.78 is 19.6. The molecule has 0 aliphatic heterocycles. The molecule has 0 radical (unpaired) electrons. The van der Waals surface area contributed by atoms with Gasteiger partial charge in [-0.25, -0.2) is 14.2 Å². The van der Waals surface area contributed by atoms with Gasteiger partial charge in [-0.2, -0.15) is 0 Å². The Morgan fingerprint density at radius 3 is 2.65 bits per heavy atom. The summed E-state index contributed by atoms with van der Waals surface area (Å²) in [5.41, 5.74) is 1.78. The first-order chi connectivity index (χ1) is 15.0. The number of hydrogen-bond acceptors (Lipinski definition) is 6. The lowest BCUT2D eigenvalue weighted by Crippen LogP contribution is -2.23. The van der Waals surface area contributed by atoms with Crippen molar-refractivity contribution >= 4 is 39.7 Å². The molecule has 1 N–H and O–H groups in total. The van der Waals surface area contributed by atoms with E-state index in [0.29, 0.717) is 16.4 Å². The summed E-state index contributed by atoms with van der Waals surface area (Å²) in [4.78, 5) is 30.3. The Labute approximate surface area is 184 Å². The van der Waals surface area contributed by atoms with Crippen LogP contribution in [0.1, 0.15) is 42.7 Å². The van der Waals surface area contributed by atoms with Crippen LogP contribution in [0.4, 0.5) is 20.9 Å². The van der Waals surface area contributed by atoms with Crippen molar-refractivity contribution in [2.75, 3.05) is 16.8 Å². The average molecular weight is 442 g/mol. The zero-order chi connectivity index (χ0) is 22.2. The second-order valence-corrected chi connectivity index (χ2v) is 7.67. The van der Waals surface area contributed by atoms with E-state index in [1.807, 2.05) is 12.1 Å². The van der Waals surface area contributed by atoms with Crippen molar-refractivity contribution in [2.24, 2.45) is 0 Å². The lowest BCUT2D eigenvalue weighted by Gasteiger charge is -2.18. The molecule has 8 heteroatoms. The Bertz CT molecular complexity index is 1050. The summed E-state index contributed by atoms with van der Waals surface area (Å²) >= 11 is 1.18. The van der Waals surface area contributed by atoms with E-state index in [9.17, 15) is 14.0 Å². The molecule has 0 spiro atoms. The Morgan fingerprint density at radius 2 is 1.90 bits per heavy atom. The smallest absolute Gasteiger partial charge is 0.340 e. The van der Waals surface area contributed by atoms with Crippen LogP contribution in [0.5, 0.6) is 0 Å². The average Bonchev–Trinajstić information content (AvgIpc) is 3.22. The molecule has 0 aliphatic carbocycles. The fourth-order valence-corrected chi connectivity index (χ4v) is 3.80. The normalized spacial score (nSPS) is 10.5. The summed E-state index contributed by atoms with van der Waals surface area (Å²) in [5, 5.41) is 5.25. The van der Waals surface area contributed by atoms with E-state index in [0.717, 1.165) is 25.1 Å². The molecule has 0 fully saturated rings. The highest BCUT2D eigenvalue weighted by molar-refractivity contribution is 7.14. The SMILES string of the molecule is CCCCNc1ccccc1C(=O)OCc1csc(N(C(C)=O)c2ccccc2F)n1. The number of nitrogens with one attached hydrogen (secondary N) is 1. The first-order valence-electron chi connectivity index (χ1n) is 10.0. The molecule has 2 aromatic carbocycles. The molecule has 1 heterocycles. The van der Waals surface area contributed by atoms with E-state index in [1.54, 1.807) is 29.6 Å². The molecule has 1 amide bonds. The first-order valence-corrected chi connectivity index (χ1v) is 10.9. The number of carbonyl (C=O) groups excluding carboxylic acids is 2. The zero-order valence-corrected chi connectivity index (χ0v) is 18.2. The molecule has 3 rings (SSSR count). The van der Waals surface area contributed by atoms with Gasteiger partial charge in [0.25, 0.3) is 0 Å². The third kappa shape index (κ3) is 5.67. The van der Waals surface area contributed by atoms with Crippen LogP contribution < -0.4 is 10.2 Å². The number of unbranched alkanes of at least 4 members (excludes halogenated alkanes) is 1. The first kappa shape index (κ1) is 22.4. The molecular formula is C23H24FN3O3S. The number of anilines is 3. The number of carbonyl (C=O) groups is 2. The largest absolute Gasteiger partial charge is 0.455 e. The molecule has 31 heavy (non-hydrogen) atoms. The van der Waals surface area contributed by atoms with E-state index in [1.165, 1.54) is 35.3 Å². The predicted molar refractivity (Wildman–Crippen MR) is 120 cm³/mol. The number of amides is 1. The molecule has 162 valence electrons. The van der Waals surface area contributed by atoms with Gasteiger partial charge >= 0.3 is 5.97 Å². The van der Waals surface area contributed by atoms with E-state index >= 15 is 0 Å². The molecule has 0 saturated heterocycles. The van der Waals surface area contributed by atoms with E-state index in [2.05, 4.69) is 17.2 Å². The van der Waals surface area contributed by atoms with Crippen molar-refractivity contribution in [3.63, 3.8) is 0 Å². The van der Waals surface area contributed by atoms with Gasteiger partial charge in [0.15, 0.2) is 5.13 Å². The summed E-state index contributed by atoms with van der Waals surface area (Å²) in [5.74, 6) is -1.35. The lowest BCUT2D eigenvalue weighted by atomic mass is 10.1. The van der Waals surface area contributed by atoms with Gasteiger partial charge in [-0.3, -0.25) is 9.69 Å². The molecule has 3 aromatic rings. The van der Waals surface area contributed by atoms with Crippen molar-refractivity contribution in [3.8, 4) is 0 Å². The fourth-order valence-electron chi connectivity index (χ4n) is 2.94. The maximum Gasteiger partial charge on any atom is 0.340 e. The van der Waals surface area contributed by atoms with Crippen molar-refractivity contribution in [2.45, 2.75) is 33.3 Å². The standard InChI is InChI=1S/C23H24FN3O3S/c1-3-4-13-25-20-11-7-5-9-18(20)22(29)30-14-17-15-31-23(26-17)27(16(2)28)21-12-8-6-10-19(21)24/h5-12,15,25H,3-4,13-14H2,1-2H3. The highest BCUT2D eigenvalue weighted by Gasteiger charge is 2.21. The number of halogens is 1. The van der Waals surface area contributed by atoms with Crippen molar-refractivity contribution < 1.29 is 18.7 Å². The molecule has 0 aliphatic rings. The van der Waals surface area contributed by atoms with Crippen LogP contribution >= 0.6 is 11.3 Å². The Kier molecular flexibility index (Phi) is 7.72. The van der Waals surface area contributed by atoms with E-state index < -0.39 is 11.8 Å². The Balaban J connectivity index is 1.70. The van der Waals surface area contributed by atoms with Gasteiger partial charge in [0.05, 0.1) is 16.9 Å². The molecular weight excluding hydrogens is 417 g/mol. The monoisotopic (exact) mass is 441 g/mol. The van der Waals surface area contributed by atoms with Gasteiger partial charge in [-0.1, -0.05) is 37.6 Å². The Morgan fingerprint density at radius 1 is 1.16 bits per heavy atom. The van der Waals surface area contributed by atoms with Crippen LogP contribution in [0, 0.1) is 5.82 Å². The highest BCUT2D eigenvalue weighted by atomic mass is 32.1. The topological polar surface area (TPSA) is 71.5 Å². The van der Waals surface area contributed by atoms with Crippen LogP contribution in [0.15, 0.2) is 53.9 Å². The van der Waals surface area contributed by atoms with E-state index in [-0.39, 0.29) is 18.2 Å². The zero-order valence-electron chi connectivity index (χ0n) is 17.4. The molecule has 0 atom stereocenters. The number of aromatic nitrogens is 1. The molecule has 0 unspecified atom stereocenters. The lowest BCUT2D eigenvalue weighted by molar-refractivity contribution is -0.115. The minimum absolute atomic E-state index is 0.0539. The van der Waals surface area contributed by atoms with Gasteiger partial charge in [-0.15, -0.1) is 11.3 Å². The third-order valence-electron chi connectivity index (χ3n) is 4.48. The van der Waals surface area contributed by atoms with Crippen LogP contribution in [-0.4, -0.2) is 23.4 Å². The van der Waals surface area contributed by atoms with Gasteiger partial charge in [0.2, 0.25) is 5.91 Å². The quantitative estimate of drug-likeness (QED) is 0.349. The van der Waals surface area contributed by atoms with Crippen LogP contribution in [0.3, 0.4) is 0 Å². The van der Waals surface area contributed by atoms with Crippen molar-refractivity contribution in [1.29, 1.82) is 0 Å². The fraction of sp³-hybridized carbons (Fsp3) is 0.261. The molecule has 6 nitrogen and oxygen atoms in total. The summed E-state index contributed by atoms with van der Waals surface area (Å²) in [6, 6.07) is 13.2. The summed E-state index contributed by atoms with van der Waals surface area (Å²) in [7, 11) is 0. The summed E-state index contributed by atoms with van der Waals surface area (Å²) in [6.45, 7) is 4.16. The van der Waals surface area contributed by atoms with Crippen molar-refractivity contribution in [3.05, 3.63) is 71.0 Å². The molecule has 0 bridgehead atoms. The minimum Gasteiger partial charge on any atom is -0.455 e. The second-order valence-electron chi connectivity index (χ2n) is 6.83. The Hall–Kier alpha value is -3.26. The number of esters is 1. The van der Waals surface area contributed by atoms with Crippen molar-refractivity contribution in [1.82, 2.24) is 4.98 Å². The number of hydrogen-bond donors (Lipinski definition) is 1. The van der Waals surface area contributed by atoms with Gasteiger partial charge in [-0.05, 0) is 30.7 Å². The molecule has 0 saturated carbocycles. The van der Waals surface area contributed by atoms with Gasteiger partial charge in [0, 0.05) is 24.5 Å². The van der Waals surface area contributed by atoms with Crippen LogP contribution in [0.2, 0.25) is 0 Å².